The largest absolute Gasteiger partial charge is 0.465 e. The maximum Gasteiger partial charge on any atom is 0.322 e. The zero-order valence-electron chi connectivity index (χ0n) is 11.1. The van der Waals surface area contributed by atoms with Gasteiger partial charge in [0.1, 0.15) is 12.2 Å². The van der Waals surface area contributed by atoms with Gasteiger partial charge < -0.3 is 9.47 Å². The van der Waals surface area contributed by atoms with Crippen LogP contribution in [-0.4, -0.2) is 46.3 Å². The minimum atomic E-state index is -1.28. The van der Waals surface area contributed by atoms with Gasteiger partial charge in [0.2, 0.25) is 0 Å². The van der Waals surface area contributed by atoms with Gasteiger partial charge in [0.15, 0.2) is 11.2 Å². The number of ketones is 1. The van der Waals surface area contributed by atoms with Crippen molar-refractivity contribution in [2.75, 3.05) is 19.8 Å². The summed E-state index contributed by atoms with van der Waals surface area (Å²) in [6.45, 7) is 2.32. The van der Waals surface area contributed by atoms with Gasteiger partial charge in [-0.1, -0.05) is 0 Å². The van der Waals surface area contributed by atoms with E-state index < -0.39 is 11.4 Å². The van der Waals surface area contributed by atoms with E-state index in [1.54, 1.807) is 18.7 Å². The number of ether oxygens (including phenoxy) is 2. The number of hydrogen-bond acceptors (Lipinski definition) is 6. The van der Waals surface area contributed by atoms with Gasteiger partial charge in [0, 0.05) is 19.9 Å². The highest BCUT2D eigenvalue weighted by atomic mass is 16.5. The monoisotopic (exact) mass is 267 g/mol. The lowest BCUT2D eigenvalue weighted by atomic mass is 9.78. The van der Waals surface area contributed by atoms with E-state index >= 15 is 0 Å². The Morgan fingerprint density at radius 2 is 2.42 bits per heavy atom. The quantitative estimate of drug-likeness (QED) is 0.559. The molecule has 0 bridgehead atoms. The molecule has 7 heteroatoms. The fraction of sp³-hybridized carbons (Fsp3) is 0.667. The SMILES string of the molecule is CCOC(=O)C1(Cc2ncnn2C)COCCC1=O. The summed E-state index contributed by atoms with van der Waals surface area (Å²) in [5.41, 5.74) is -1.28. The first-order valence-corrected chi connectivity index (χ1v) is 6.21. The molecule has 1 saturated heterocycles. The molecule has 1 aliphatic rings. The zero-order valence-corrected chi connectivity index (χ0v) is 11.1. The number of aromatic nitrogens is 3. The van der Waals surface area contributed by atoms with Gasteiger partial charge in [-0.15, -0.1) is 0 Å². The molecule has 19 heavy (non-hydrogen) atoms. The van der Waals surface area contributed by atoms with Gasteiger partial charge in [0.05, 0.1) is 19.8 Å². The molecule has 1 aromatic heterocycles. The molecular formula is C12H17N3O4. The van der Waals surface area contributed by atoms with E-state index in [2.05, 4.69) is 10.1 Å². The summed E-state index contributed by atoms with van der Waals surface area (Å²) < 4.78 is 11.9. The predicted molar refractivity (Wildman–Crippen MR) is 64.2 cm³/mol. The second-order valence-electron chi connectivity index (χ2n) is 4.50. The second-order valence-corrected chi connectivity index (χ2v) is 4.50. The summed E-state index contributed by atoms with van der Waals surface area (Å²) in [6.07, 6.45) is 1.76. The standard InChI is InChI=1S/C12H17N3O4/c1-3-19-11(17)12(7-18-5-4-9(12)16)6-10-13-8-14-15(10)2/h8H,3-7H2,1-2H3. The Hall–Kier alpha value is -1.76. The van der Waals surface area contributed by atoms with Crippen LogP contribution < -0.4 is 0 Å². The van der Waals surface area contributed by atoms with Crippen LogP contribution in [0.3, 0.4) is 0 Å². The van der Waals surface area contributed by atoms with E-state index in [4.69, 9.17) is 9.47 Å². The first kappa shape index (κ1) is 13.7. The van der Waals surface area contributed by atoms with Gasteiger partial charge in [0.25, 0.3) is 0 Å². The van der Waals surface area contributed by atoms with E-state index in [0.717, 1.165) is 0 Å². The van der Waals surface area contributed by atoms with E-state index in [9.17, 15) is 9.59 Å². The van der Waals surface area contributed by atoms with Gasteiger partial charge in [-0.2, -0.15) is 5.10 Å². The maximum atomic E-state index is 12.2. The molecule has 0 spiro atoms. The Balaban J connectivity index is 2.31. The Kier molecular flexibility index (Phi) is 3.94. The molecule has 0 saturated carbocycles. The molecule has 1 aliphatic heterocycles. The highest BCUT2D eigenvalue weighted by Crippen LogP contribution is 2.30. The lowest BCUT2D eigenvalue weighted by Gasteiger charge is -2.32. The number of aryl methyl sites for hydroxylation is 1. The summed E-state index contributed by atoms with van der Waals surface area (Å²) in [5, 5.41) is 3.94. The average Bonchev–Trinajstić information content (AvgIpc) is 2.78. The molecule has 0 amide bonds. The van der Waals surface area contributed by atoms with Gasteiger partial charge >= 0.3 is 5.97 Å². The molecule has 2 heterocycles. The van der Waals surface area contributed by atoms with Crippen LogP contribution >= 0.6 is 0 Å². The molecule has 1 unspecified atom stereocenters. The Morgan fingerprint density at radius 1 is 1.63 bits per heavy atom. The topological polar surface area (TPSA) is 83.3 Å². The highest BCUT2D eigenvalue weighted by molar-refractivity contribution is 6.04. The molecule has 7 nitrogen and oxygen atoms in total. The molecule has 1 aromatic rings. The van der Waals surface area contributed by atoms with E-state index in [-0.39, 0.29) is 31.8 Å². The number of rotatable bonds is 4. The van der Waals surface area contributed by atoms with E-state index in [1.165, 1.54) is 6.33 Å². The second kappa shape index (κ2) is 5.48. The van der Waals surface area contributed by atoms with Crippen molar-refractivity contribution in [3.05, 3.63) is 12.2 Å². The van der Waals surface area contributed by atoms with Crippen LogP contribution in [0.2, 0.25) is 0 Å². The molecule has 0 aromatic carbocycles. The smallest absolute Gasteiger partial charge is 0.322 e. The fourth-order valence-electron chi connectivity index (χ4n) is 2.14. The van der Waals surface area contributed by atoms with Crippen molar-refractivity contribution >= 4 is 11.8 Å². The van der Waals surface area contributed by atoms with E-state index in [1.807, 2.05) is 0 Å². The Bertz CT molecular complexity index is 485. The number of hydrogen-bond donors (Lipinski definition) is 0. The molecule has 0 N–H and O–H groups in total. The molecule has 0 aliphatic carbocycles. The number of Topliss-reactive ketones (excluding diaryl/α,β-unsaturated/α-hetero) is 1. The van der Waals surface area contributed by atoms with Crippen molar-refractivity contribution in [3.8, 4) is 0 Å². The number of carbonyl (C=O) groups excluding carboxylic acids is 2. The summed E-state index contributed by atoms with van der Waals surface area (Å²) >= 11 is 0. The Morgan fingerprint density at radius 3 is 3.00 bits per heavy atom. The third kappa shape index (κ3) is 2.51. The van der Waals surface area contributed by atoms with Crippen LogP contribution in [0.1, 0.15) is 19.2 Å². The molecule has 0 radical (unpaired) electrons. The summed E-state index contributed by atoms with van der Waals surface area (Å²) in [6, 6.07) is 0. The third-order valence-electron chi connectivity index (χ3n) is 3.29. The van der Waals surface area contributed by atoms with Crippen LogP contribution in [0.5, 0.6) is 0 Å². The molecule has 2 rings (SSSR count). The zero-order chi connectivity index (χ0) is 13.9. The van der Waals surface area contributed by atoms with Crippen LogP contribution in [0.4, 0.5) is 0 Å². The molecule has 1 fully saturated rings. The van der Waals surface area contributed by atoms with Gasteiger partial charge in [-0.25, -0.2) is 4.98 Å². The first-order valence-electron chi connectivity index (χ1n) is 6.21. The van der Waals surface area contributed by atoms with Crippen LogP contribution in [0, 0.1) is 5.41 Å². The number of carbonyl (C=O) groups is 2. The van der Waals surface area contributed by atoms with Crippen molar-refractivity contribution in [2.24, 2.45) is 12.5 Å². The lowest BCUT2D eigenvalue weighted by molar-refractivity contribution is -0.169. The van der Waals surface area contributed by atoms with Crippen molar-refractivity contribution in [3.63, 3.8) is 0 Å². The maximum absolute atomic E-state index is 12.2. The van der Waals surface area contributed by atoms with Gasteiger partial charge in [-0.3, -0.25) is 14.3 Å². The molecular weight excluding hydrogens is 250 g/mol. The summed E-state index contributed by atoms with van der Waals surface area (Å²) in [5.74, 6) is -0.130. The van der Waals surface area contributed by atoms with Crippen molar-refractivity contribution in [1.82, 2.24) is 14.8 Å². The normalized spacial score (nSPS) is 23.4. The molecule has 104 valence electrons. The lowest BCUT2D eigenvalue weighted by Crippen LogP contribution is -2.50. The van der Waals surface area contributed by atoms with Crippen LogP contribution in [-0.2, 0) is 32.5 Å². The van der Waals surface area contributed by atoms with Crippen molar-refractivity contribution < 1.29 is 19.1 Å². The minimum absolute atomic E-state index is 0.0392. The fourth-order valence-corrected chi connectivity index (χ4v) is 2.14. The van der Waals surface area contributed by atoms with Crippen molar-refractivity contribution in [1.29, 1.82) is 0 Å². The van der Waals surface area contributed by atoms with Crippen LogP contribution in [0.15, 0.2) is 6.33 Å². The summed E-state index contributed by atoms with van der Waals surface area (Å²) in [7, 11) is 1.72. The summed E-state index contributed by atoms with van der Waals surface area (Å²) in [4.78, 5) is 28.5. The van der Waals surface area contributed by atoms with E-state index in [0.29, 0.717) is 12.4 Å². The third-order valence-corrected chi connectivity index (χ3v) is 3.29. The first-order chi connectivity index (χ1) is 9.10. The minimum Gasteiger partial charge on any atom is -0.465 e. The number of nitrogens with zero attached hydrogens (tertiary/aromatic N) is 3. The molecule has 1 atom stereocenters. The average molecular weight is 267 g/mol. The Labute approximate surface area is 110 Å². The van der Waals surface area contributed by atoms with Crippen molar-refractivity contribution in [2.45, 2.75) is 19.8 Å². The van der Waals surface area contributed by atoms with Crippen LogP contribution in [0.25, 0.3) is 0 Å². The number of esters is 1. The van der Waals surface area contributed by atoms with Gasteiger partial charge in [-0.05, 0) is 6.92 Å². The highest BCUT2D eigenvalue weighted by Gasteiger charge is 2.49. The predicted octanol–water partition coefficient (Wildman–Crippen LogP) is -0.104.